The third kappa shape index (κ3) is 2.74. The molecule has 0 radical (unpaired) electrons. The van der Waals surface area contributed by atoms with Crippen LogP contribution in [0.1, 0.15) is 51.5 Å². The summed E-state index contributed by atoms with van der Waals surface area (Å²) in [7, 11) is 0. The maximum absolute atomic E-state index is 9.73. The fourth-order valence-electron chi connectivity index (χ4n) is 3.57. The van der Waals surface area contributed by atoms with Gasteiger partial charge in [-0.3, -0.25) is 0 Å². The first-order chi connectivity index (χ1) is 9.52. The smallest absolute Gasteiger partial charge is 0.0690 e. The molecule has 1 aromatic carbocycles. The lowest BCUT2D eigenvalue weighted by molar-refractivity contribution is 0.138. The molecule has 106 valence electrons. The van der Waals surface area contributed by atoms with E-state index < -0.39 is 0 Å². The summed E-state index contributed by atoms with van der Waals surface area (Å²) in [5, 5.41) is 10.3. The highest BCUT2D eigenvalue weighted by atomic mass is 32.2. The third-order valence-electron chi connectivity index (χ3n) is 5.13. The molecule has 0 saturated heterocycles. The minimum atomic E-state index is -0.0603. The van der Waals surface area contributed by atoms with Gasteiger partial charge in [0.15, 0.2) is 0 Å². The fraction of sp³-hybridized carbons (Fsp3) is 0.611. The summed E-state index contributed by atoms with van der Waals surface area (Å²) >= 11 is 1.99. The van der Waals surface area contributed by atoms with E-state index in [1.165, 1.54) is 23.3 Å². The van der Waals surface area contributed by atoms with E-state index in [4.69, 9.17) is 0 Å². The molecule has 1 aromatic rings. The van der Waals surface area contributed by atoms with Crippen molar-refractivity contribution in [2.75, 3.05) is 0 Å². The van der Waals surface area contributed by atoms with Crippen molar-refractivity contribution >= 4 is 11.8 Å². The lowest BCUT2D eigenvalue weighted by atomic mass is 9.64. The largest absolute Gasteiger partial charge is 0.198 e. The minimum Gasteiger partial charge on any atom is -0.198 e. The summed E-state index contributed by atoms with van der Waals surface area (Å²) in [5.74, 6) is 0. The molecule has 0 amide bonds. The first-order valence-electron chi connectivity index (χ1n) is 7.68. The Morgan fingerprint density at radius 3 is 2.55 bits per heavy atom. The highest BCUT2D eigenvalue weighted by molar-refractivity contribution is 8.00. The van der Waals surface area contributed by atoms with Crippen molar-refractivity contribution in [3.8, 4) is 6.07 Å². The molecule has 1 aliphatic carbocycles. The van der Waals surface area contributed by atoms with Gasteiger partial charge in [-0.05, 0) is 55.6 Å². The van der Waals surface area contributed by atoms with E-state index >= 15 is 0 Å². The molecule has 0 N–H and O–H groups in total. The Balaban J connectivity index is 1.68. The van der Waals surface area contributed by atoms with Gasteiger partial charge in [-0.2, -0.15) is 5.26 Å². The second kappa shape index (κ2) is 5.11. The molecular formula is C18H23NS. The number of fused-ring (bicyclic) bond motifs is 1. The number of nitrogens with zero attached hydrogens (tertiary/aromatic N) is 1. The van der Waals surface area contributed by atoms with Crippen molar-refractivity contribution in [3.63, 3.8) is 0 Å². The van der Waals surface area contributed by atoms with Crippen LogP contribution in [0.25, 0.3) is 0 Å². The first-order valence-corrected chi connectivity index (χ1v) is 8.56. The van der Waals surface area contributed by atoms with Gasteiger partial charge >= 0.3 is 0 Å². The summed E-state index contributed by atoms with van der Waals surface area (Å²) in [5.41, 5.74) is 1.85. The van der Waals surface area contributed by atoms with Crippen molar-refractivity contribution in [3.05, 3.63) is 29.8 Å². The highest BCUT2D eigenvalue weighted by Gasteiger charge is 2.41. The Hall–Kier alpha value is -0.940. The van der Waals surface area contributed by atoms with Gasteiger partial charge in [-0.15, -0.1) is 11.8 Å². The third-order valence-corrected chi connectivity index (χ3v) is 6.45. The fourth-order valence-corrected chi connectivity index (χ4v) is 5.05. The van der Waals surface area contributed by atoms with E-state index in [-0.39, 0.29) is 5.41 Å². The predicted molar refractivity (Wildman–Crippen MR) is 84.7 cm³/mol. The quantitative estimate of drug-likeness (QED) is 0.745. The second-order valence-corrected chi connectivity index (χ2v) is 8.65. The van der Waals surface area contributed by atoms with Crippen LogP contribution in [0.3, 0.4) is 0 Å². The monoisotopic (exact) mass is 285 g/mol. The van der Waals surface area contributed by atoms with Crippen LogP contribution in [0.15, 0.2) is 29.2 Å². The summed E-state index contributed by atoms with van der Waals surface area (Å²) in [4.78, 5) is 1.43. The highest BCUT2D eigenvalue weighted by Crippen LogP contribution is 2.50. The zero-order chi connectivity index (χ0) is 14.2. The van der Waals surface area contributed by atoms with Crippen LogP contribution in [-0.2, 0) is 6.42 Å². The summed E-state index contributed by atoms with van der Waals surface area (Å²) in [6.07, 6.45) is 6.79. The Kier molecular flexibility index (Phi) is 3.58. The Bertz CT molecular complexity index is 506. The van der Waals surface area contributed by atoms with Gasteiger partial charge in [0, 0.05) is 10.1 Å². The van der Waals surface area contributed by atoms with E-state index in [2.05, 4.69) is 44.2 Å². The first kappa shape index (κ1) is 14.0. The van der Waals surface area contributed by atoms with E-state index in [0.717, 1.165) is 25.7 Å². The molecule has 0 aromatic heterocycles. The molecule has 1 saturated carbocycles. The molecule has 20 heavy (non-hydrogen) atoms. The lowest BCUT2D eigenvalue weighted by Gasteiger charge is -2.40. The lowest BCUT2D eigenvalue weighted by Crippen LogP contribution is -2.32. The van der Waals surface area contributed by atoms with E-state index in [1.54, 1.807) is 0 Å². The number of thioether (sulfide) groups is 1. The average Bonchev–Trinajstić information content (AvgIpc) is 2.83. The van der Waals surface area contributed by atoms with Gasteiger partial charge < -0.3 is 0 Å². The molecular weight excluding hydrogens is 262 g/mol. The van der Waals surface area contributed by atoms with Crippen molar-refractivity contribution in [1.82, 2.24) is 0 Å². The Morgan fingerprint density at radius 2 is 1.90 bits per heavy atom. The van der Waals surface area contributed by atoms with Crippen molar-refractivity contribution < 1.29 is 0 Å². The van der Waals surface area contributed by atoms with Crippen LogP contribution in [0.4, 0.5) is 0 Å². The number of benzene rings is 1. The molecule has 1 unspecified atom stereocenters. The molecule has 0 spiro atoms. The maximum Gasteiger partial charge on any atom is 0.0690 e. The second-order valence-electron chi connectivity index (χ2n) is 7.31. The predicted octanol–water partition coefficient (Wildman–Crippen LogP) is 5.20. The van der Waals surface area contributed by atoms with Gasteiger partial charge in [-0.1, -0.05) is 32.0 Å². The molecule has 3 rings (SSSR count). The van der Waals surface area contributed by atoms with Gasteiger partial charge in [0.1, 0.15) is 0 Å². The zero-order valence-corrected chi connectivity index (χ0v) is 13.3. The normalized spacial score (nSPS) is 26.8. The van der Waals surface area contributed by atoms with Crippen LogP contribution < -0.4 is 0 Å². The van der Waals surface area contributed by atoms with E-state index in [0.29, 0.717) is 10.7 Å². The van der Waals surface area contributed by atoms with Gasteiger partial charge in [0.25, 0.3) is 0 Å². The maximum atomic E-state index is 9.73. The minimum absolute atomic E-state index is 0.0603. The molecule has 1 fully saturated rings. The molecule has 2 aliphatic rings. The standard InChI is InChI=1S/C18H23NS/c1-17(2)7-9-18(13-19,10-8-17)12-15-11-14-5-3-4-6-16(14)20-15/h3-6,15H,7-12H2,1-2H3. The van der Waals surface area contributed by atoms with Crippen molar-refractivity contribution in [2.24, 2.45) is 10.8 Å². The van der Waals surface area contributed by atoms with Gasteiger partial charge in [-0.25, -0.2) is 0 Å². The molecule has 0 bridgehead atoms. The Morgan fingerprint density at radius 1 is 1.20 bits per heavy atom. The number of hydrogen-bond acceptors (Lipinski definition) is 2. The zero-order valence-electron chi connectivity index (χ0n) is 12.5. The van der Waals surface area contributed by atoms with Crippen LogP contribution in [0.5, 0.6) is 0 Å². The van der Waals surface area contributed by atoms with Crippen molar-refractivity contribution in [2.45, 2.75) is 62.5 Å². The summed E-state index contributed by atoms with van der Waals surface area (Å²) < 4.78 is 0. The number of rotatable bonds is 2. The van der Waals surface area contributed by atoms with Crippen LogP contribution in [0.2, 0.25) is 0 Å². The molecule has 1 nitrogen and oxygen atoms in total. The van der Waals surface area contributed by atoms with Crippen LogP contribution in [0, 0.1) is 22.2 Å². The van der Waals surface area contributed by atoms with Crippen molar-refractivity contribution in [1.29, 1.82) is 5.26 Å². The van der Waals surface area contributed by atoms with Crippen LogP contribution in [-0.4, -0.2) is 5.25 Å². The SMILES string of the molecule is CC1(C)CCC(C#N)(CC2Cc3ccccc3S2)CC1. The van der Waals surface area contributed by atoms with Gasteiger partial charge in [0.2, 0.25) is 0 Å². The van der Waals surface area contributed by atoms with Gasteiger partial charge in [0.05, 0.1) is 11.5 Å². The van der Waals surface area contributed by atoms with E-state index in [9.17, 15) is 5.26 Å². The van der Waals surface area contributed by atoms with E-state index in [1.807, 2.05) is 11.8 Å². The topological polar surface area (TPSA) is 23.8 Å². The van der Waals surface area contributed by atoms with Crippen LogP contribution >= 0.6 is 11.8 Å². The summed E-state index contributed by atoms with van der Waals surface area (Å²) in [6.45, 7) is 4.68. The molecule has 1 aliphatic heterocycles. The molecule has 1 atom stereocenters. The Labute approximate surface area is 126 Å². The number of hydrogen-bond donors (Lipinski definition) is 0. The summed E-state index contributed by atoms with van der Waals surface area (Å²) in [6, 6.07) is 11.4. The molecule has 2 heteroatoms. The average molecular weight is 285 g/mol. The molecule has 1 heterocycles. The number of nitriles is 1.